The molecule has 0 radical (unpaired) electrons. The van der Waals surface area contributed by atoms with E-state index in [4.69, 9.17) is 37.9 Å². The minimum Gasteiger partial charge on any atom is -0.497 e. The minimum absolute atomic E-state index is 0.833. The van der Waals surface area contributed by atoms with E-state index in [-0.39, 0.29) is 0 Å². The number of benzene rings is 12. The van der Waals surface area contributed by atoms with E-state index in [9.17, 15) is 0 Å². The van der Waals surface area contributed by atoms with Crippen molar-refractivity contribution >= 4 is 0 Å². The second-order valence-corrected chi connectivity index (χ2v) is 29.0. The number of methoxy groups -OCH3 is 8. The average Bonchev–Trinajstić information content (AvgIpc) is 0.779. The molecule has 12 aromatic rings. The molecule has 8 nitrogen and oxygen atoms in total. The van der Waals surface area contributed by atoms with E-state index < -0.39 is 0 Å². The number of hydrogen-bond acceptors (Lipinski definition) is 8. The fourth-order valence-electron chi connectivity index (χ4n) is 16.5. The van der Waals surface area contributed by atoms with Crippen LogP contribution in [0.3, 0.4) is 0 Å². The van der Waals surface area contributed by atoms with Gasteiger partial charge in [-0.25, -0.2) is 0 Å². The van der Waals surface area contributed by atoms with Gasteiger partial charge in [0.1, 0.15) is 46.0 Å². The molecule has 0 aliphatic heterocycles. The van der Waals surface area contributed by atoms with Gasteiger partial charge >= 0.3 is 0 Å². The van der Waals surface area contributed by atoms with Gasteiger partial charge in [-0.3, -0.25) is 0 Å². The molecule has 0 saturated carbocycles. The molecule has 0 aliphatic rings. The highest BCUT2D eigenvalue weighted by molar-refractivity contribution is 5.93. The third kappa shape index (κ3) is 16.6. The van der Waals surface area contributed by atoms with Crippen molar-refractivity contribution in [1.29, 1.82) is 0 Å². The zero-order chi connectivity index (χ0) is 80.5. The van der Waals surface area contributed by atoms with Crippen molar-refractivity contribution in [1.82, 2.24) is 0 Å². The molecule has 0 heterocycles. The maximum absolute atomic E-state index is 5.63. The van der Waals surface area contributed by atoms with Gasteiger partial charge in [0.05, 0.1) is 56.9 Å². The fourth-order valence-corrected chi connectivity index (χ4v) is 16.5. The molecule has 0 amide bonds. The third-order valence-corrected chi connectivity index (χ3v) is 21.2. The van der Waals surface area contributed by atoms with Crippen LogP contribution in [-0.4, -0.2) is 56.9 Å². The molecule has 0 saturated heterocycles. The van der Waals surface area contributed by atoms with E-state index in [2.05, 4.69) is 328 Å². The fraction of sp³-hybridized carbons (Fsp3) is 0.231. The SMILES string of the molecule is COc1cc(C)c(-c2cccc(-c3c(C)cc(OC)cc3C)c2C#CC#Cc2c(-c3c(C)cc(OC)cc3C)cccc2-c2c(C)cc(OC)cc2C)c(C)c1.COc1cc(C)c(-c2cccc(-c3c(C)cc(OC)cc3C)c2C#CC#Cc2c(-c3c(C)cc(OC)cc3C)cccc2-c2c(C)cc(OC)cc2C)c(C)c1. The Bertz CT molecular complexity index is 4740. The molecule has 12 rings (SSSR count). The van der Waals surface area contributed by atoms with Crippen LogP contribution in [0.25, 0.3) is 89.0 Å². The second kappa shape index (κ2) is 34.9. The second-order valence-electron chi connectivity index (χ2n) is 29.0. The maximum Gasteiger partial charge on any atom is 0.119 e. The highest BCUT2D eigenvalue weighted by atomic mass is 16.5. The van der Waals surface area contributed by atoms with Crippen LogP contribution in [-0.2, 0) is 0 Å². The Morgan fingerprint density at radius 2 is 0.259 bits per heavy atom. The quantitative estimate of drug-likeness (QED) is 0.0886. The molecular formula is C104H100O8. The molecule has 0 spiro atoms. The molecule has 0 aliphatic carbocycles. The summed E-state index contributed by atoms with van der Waals surface area (Å²) in [6, 6.07) is 59.1. The topological polar surface area (TPSA) is 73.8 Å². The summed E-state index contributed by atoms with van der Waals surface area (Å²) in [6.07, 6.45) is 0. The first kappa shape index (κ1) is 80.3. The zero-order valence-electron chi connectivity index (χ0n) is 69.4. The summed E-state index contributed by atoms with van der Waals surface area (Å²) in [4.78, 5) is 0. The number of hydrogen-bond donors (Lipinski definition) is 0. The smallest absolute Gasteiger partial charge is 0.119 e. The normalized spacial score (nSPS) is 10.6. The molecule has 12 aromatic carbocycles. The van der Waals surface area contributed by atoms with Gasteiger partial charge in [-0.15, -0.1) is 0 Å². The molecule has 0 unspecified atom stereocenters. The summed E-state index contributed by atoms with van der Waals surface area (Å²) in [5, 5.41) is 0. The predicted molar refractivity (Wildman–Crippen MR) is 465 cm³/mol. The lowest BCUT2D eigenvalue weighted by Crippen LogP contribution is -1.98. The molecule has 0 aromatic heterocycles. The first-order valence-corrected chi connectivity index (χ1v) is 37.6. The van der Waals surface area contributed by atoms with Gasteiger partial charge in [0.25, 0.3) is 0 Å². The Kier molecular flexibility index (Phi) is 25.0. The predicted octanol–water partition coefficient (Wildman–Crippen LogP) is 24.5. The van der Waals surface area contributed by atoms with E-state index in [0.717, 1.165) is 246 Å². The lowest BCUT2D eigenvalue weighted by molar-refractivity contribution is 0.414. The molecule has 0 atom stereocenters. The van der Waals surface area contributed by atoms with Crippen LogP contribution in [0.2, 0.25) is 0 Å². The van der Waals surface area contributed by atoms with Crippen molar-refractivity contribution in [2.24, 2.45) is 0 Å². The van der Waals surface area contributed by atoms with Gasteiger partial charge < -0.3 is 37.9 Å². The minimum atomic E-state index is 0.833. The molecule has 0 bridgehead atoms. The first-order valence-electron chi connectivity index (χ1n) is 37.6. The van der Waals surface area contributed by atoms with Crippen molar-refractivity contribution in [2.45, 2.75) is 111 Å². The Morgan fingerprint density at radius 1 is 0.161 bits per heavy atom. The lowest BCUT2D eigenvalue weighted by atomic mass is 9.85. The van der Waals surface area contributed by atoms with E-state index in [0.29, 0.717) is 0 Å². The van der Waals surface area contributed by atoms with Crippen LogP contribution in [0.15, 0.2) is 170 Å². The van der Waals surface area contributed by atoms with Crippen molar-refractivity contribution in [3.05, 3.63) is 281 Å². The number of aryl methyl sites for hydroxylation is 16. The van der Waals surface area contributed by atoms with E-state index in [1.165, 1.54) is 0 Å². The number of ether oxygens (including phenoxy) is 8. The molecule has 112 heavy (non-hydrogen) atoms. The average molecular weight is 1480 g/mol. The third-order valence-electron chi connectivity index (χ3n) is 21.2. The largest absolute Gasteiger partial charge is 0.497 e. The summed E-state index contributed by atoms with van der Waals surface area (Å²) in [5.41, 5.74) is 39.1. The summed E-state index contributed by atoms with van der Waals surface area (Å²) in [5.74, 6) is 34.4. The van der Waals surface area contributed by atoms with Crippen molar-refractivity contribution in [3.63, 3.8) is 0 Å². The van der Waals surface area contributed by atoms with Gasteiger partial charge in [-0.1, -0.05) is 96.5 Å². The summed E-state index contributed by atoms with van der Waals surface area (Å²) < 4.78 is 45.0. The van der Waals surface area contributed by atoms with Crippen molar-refractivity contribution in [3.8, 4) is 182 Å². The van der Waals surface area contributed by atoms with Crippen molar-refractivity contribution < 1.29 is 37.9 Å². The van der Waals surface area contributed by atoms with Gasteiger partial charge in [0.2, 0.25) is 0 Å². The van der Waals surface area contributed by atoms with Crippen LogP contribution >= 0.6 is 0 Å². The van der Waals surface area contributed by atoms with Crippen LogP contribution in [0.1, 0.15) is 111 Å². The van der Waals surface area contributed by atoms with E-state index >= 15 is 0 Å². The van der Waals surface area contributed by atoms with Gasteiger partial charge in [-0.2, -0.15) is 0 Å². The Labute approximate surface area is 665 Å². The van der Waals surface area contributed by atoms with Crippen LogP contribution in [0.5, 0.6) is 46.0 Å². The summed E-state index contributed by atoms with van der Waals surface area (Å²) in [6.45, 7) is 34.1. The molecule has 0 N–H and O–H groups in total. The Balaban J connectivity index is 0.000000221. The lowest BCUT2D eigenvalue weighted by Gasteiger charge is -2.19. The Morgan fingerprint density at radius 3 is 0.348 bits per heavy atom. The van der Waals surface area contributed by atoms with Gasteiger partial charge in [0, 0.05) is 22.3 Å². The van der Waals surface area contributed by atoms with Crippen molar-refractivity contribution in [2.75, 3.05) is 56.9 Å². The monoisotopic (exact) mass is 1480 g/mol. The molecule has 564 valence electrons. The van der Waals surface area contributed by atoms with Crippen LogP contribution < -0.4 is 37.9 Å². The first-order chi connectivity index (χ1) is 53.8. The van der Waals surface area contributed by atoms with Crippen LogP contribution in [0.4, 0.5) is 0 Å². The summed E-state index contributed by atoms with van der Waals surface area (Å²) in [7, 11) is 13.6. The van der Waals surface area contributed by atoms with Gasteiger partial charge in [0.15, 0.2) is 0 Å². The zero-order valence-corrected chi connectivity index (χ0v) is 69.4. The van der Waals surface area contributed by atoms with E-state index in [1.54, 1.807) is 56.9 Å². The Hall–Kier alpha value is -12.7. The highest BCUT2D eigenvalue weighted by Crippen LogP contribution is 2.46. The standard InChI is InChI=1S/2C52H50O4/c2*1-31-23-39(53-9)24-32(2)49(31)45-19-15-20-46(50-33(3)25-40(54-10)26-34(50)4)43(45)17-13-14-18-44-47(51-35(5)27-41(55-11)28-36(51)6)21-16-22-48(44)52-37(7)29-42(56-12)30-38(52)8/h2*15-16,19-30H,1-12H3. The van der Waals surface area contributed by atoms with E-state index in [1.807, 2.05) is 0 Å². The molecule has 0 fully saturated rings. The number of rotatable bonds is 16. The maximum atomic E-state index is 5.63. The molecule has 8 heteroatoms. The van der Waals surface area contributed by atoms with Gasteiger partial charge in [-0.05, 0) is 410 Å². The van der Waals surface area contributed by atoms with Crippen LogP contribution in [0, 0.1) is 158 Å². The molecular weight excluding hydrogens is 1380 g/mol. The highest BCUT2D eigenvalue weighted by Gasteiger charge is 2.24. The summed E-state index contributed by atoms with van der Waals surface area (Å²) >= 11 is 0.